The summed E-state index contributed by atoms with van der Waals surface area (Å²) in [6, 6.07) is 0. The van der Waals surface area contributed by atoms with Crippen LogP contribution in [0.15, 0.2) is 5.38 Å². The van der Waals surface area contributed by atoms with Crippen molar-refractivity contribution in [2.45, 2.75) is 40.3 Å². The minimum absolute atomic E-state index is 0.565. The van der Waals surface area contributed by atoms with Crippen LogP contribution in [0.4, 0.5) is 0 Å². The Kier molecular flexibility index (Phi) is 3.99. The van der Waals surface area contributed by atoms with Gasteiger partial charge in [0.25, 0.3) is 0 Å². The van der Waals surface area contributed by atoms with E-state index in [2.05, 4.69) is 27.0 Å². The van der Waals surface area contributed by atoms with Crippen LogP contribution in [0.5, 0.6) is 0 Å². The first kappa shape index (κ1) is 14.5. The first-order valence-corrected chi connectivity index (χ1v) is 8.45. The quantitative estimate of drug-likeness (QED) is 0.678. The topological polar surface area (TPSA) is 48.5 Å². The third-order valence-electron chi connectivity index (χ3n) is 3.46. The maximum absolute atomic E-state index is 5.93. The lowest BCUT2D eigenvalue weighted by atomic mass is 10.4. The number of alkyl halides is 1. The smallest absolute Gasteiger partial charge is 0.159 e. The molecular formula is C14H18ClN5S. The highest BCUT2D eigenvalue weighted by atomic mass is 35.5. The maximum Gasteiger partial charge on any atom is 0.159 e. The molecule has 0 aliphatic rings. The molecular weight excluding hydrogens is 306 g/mol. The molecule has 0 saturated heterocycles. The van der Waals surface area contributed by atoms with Crippen molar-refractivity contribution in [3.8, 4) is 0 Å². The average Bonchev–Trinajstić information content (AvgIpc) is 3.10. The van der Waals surface area contributed by atoms with Crippen LogP contribution in [0.25, 0.3) is 11.2 Å². The summed E-state index contributed by atoms with van der Waals surface area (Å²) in [6.45, 7) is 7.67. The minimum atomic E-state index is 0.565. The Labute approximate surface area is 132 Å². The molecule has 0 radical (unpaired) electrons. The van der Waals surface area contributed by atoms with E-state index in [9.17, 15) is 0 Å². The summed E-state index contributed by atoms with van der Waals surface area (Å²) in [6.07, 6.45) is 0.754. The van der Waals surface area contributed by atoms with Crippen molar-refractivity contribution >= 4 is 34.1 Å². The molecule has 3 heterocycles. The molecule has 0 fully saturated rings. The standard InChI is InChI=1S/C14H18ClN5S/c1-4-20-14-13(10(3)18-20)17-11(5-6-15)19(14)7-12-16-9(2)8-21-12/h8H,4-7H2,1-3H3. The summed E-state index contributed by atoms with van der Waals surface area (Å²) in [7, 11) is 0. The van der Waals surface area contributed by atoms with Gasteiger partial charge in [-0.15, -0.1) is 22.9 Å². The molecule has 7 heteroatoms. The monoisotopic (exact) mass is 323 g/mol. The van der Waals surface area contributed by atoms with Crippen molar-refractivity contribution in [3.05, 3.63) is 27.6 Å². The molecule has 0 spiro atoms. The van der Waals surface area contributed by atoms with E-state index in [0.717, 1.165) is 52.9 Å². The van der Waals surface area contributed by atoms with E-state index < -0.39 is 0 Å². The second-order valence-electron chi connectivity index (χ2n) is 5.01. The fourth-order valence-corrected chi connectivity index (χ4v) is 3.47. The van der Waals surface area contributed by atoms with Gasteiger partial charge in [-0.3, -0.25) is 0 Å². The van der Waals surface area contributed by atoms with Gasteiger partial charge in [-0.25, -0.2) is 14.6 Å². The molecule has 112 valence electrons. The highest BCUT2D eigenvalue weighted by molar-refractivity contribution is 7.09. The van der Waals surface area contributed by atoms with E-state index in [1.54, 1.807) is 11.3 Å². The van der Waals surface area contributed by atoms with Crippen molar-refractivity contribution in [1.29, 1.82) is 0 Å². The Morgan fingerprint density at radius 2 is 2.10 bits per heavy atom. The van der Waals surface area contributed by atoms with Gasteiger partial charge >= 0.3 is 0 Å². The van der Waals surface area contributed by atoms with Crippen molar-refractivity contribution in [3.63, 3.8) is 0 Å². The fourth-order valence-electron chi connectivity index (χ4n) is 2.54. The van der Waals surface area contributed by atoms with E-state index in [-0.39, 0.29) is 0 Å². The molecule has 0 aliphatic heterocycles. The van der Waals surface area contributed by atoms with Crippen LogP contribution in [-0.4, -0.2) is 30.2 Å². The summed E-state index contributed by atoms with van der Waals surface area (Å²) in [5.74, 6) is 1.57. The van der Waals surface area contributed by atoms with Gasteiger partial charge in [-0.05, 0) is 20.8 Å². The third-order valence-corrected chi connectivity index (χ3v) is 4.60. The van der Waals surface area contributed by atoms with Crippen molar-refractivity contribution in [2.24, 2.45) is 0 Å². The van der Waals surface area contributed by atoms with Crippen molar-refractivity contribution in [1.82, 2.24) is 24.3 Å². The molecule has 0 aliphatic carbocycles. The summed E-state index contributed by atoms with van der Waals surface area (Å²) >= 11 is 7.62. The zero-order valence-electron chi connectivity index (χ0n) is 12.4. The maximum atomic E-state index is 5.93. The Bertz CT molecular complexity index is 770. The molecule has 0 atom stereocenters. The summed E-state index contributed by atoms with van der Waals surface area (Å²) < 4.78 is 4.22. The lowest BCUT2D eigenvalue weighted by molar-refractivity contribution is 0.634. The van der Waals surface area contributed by atoms with Crippen LogP contribution in [-0.2, 0) is 19.5 Å². The number of hydrogen-bond donors (Lipinski definition) is 0. The molecule has 3 rings (SSSR count). The summed E-state index contributed by atoms with van der Waals surface area (Å²) in [5.41, 5.74) is 4.08. The molecule has 0 unspecified atom stereocenters. The molecule has 5 nitrogen and oxygen atoms in total. The molecule has 0 N–H and O–H groups in total. The Morgan fingerprint density at radius 1 is 1.29 bits per heavy atom. The molecule has 21 heavy (non-hydrogen) atoms. The average molecular weight is 324 g/mol. The van der Waals surface area contributed by atoms with Gasteiger partial charge in [0.15, 0.2) is 5.65 Å². The second-order valence-corrected chi connectivity index (χ2v) is 6.33. The number of aromatic nitrogens is 5. The van der Waals surface area contributed by atoms with Crippen LogP contribution < -0.4 is 0 Å². The van der Waals surface area contributed by atoms with Crippen LogP contribution >= 0.6 is 22.9 Å². The predicted octanol–water partition coefficient (Wildman–Crippen LogP) is 3.16. The van der Waals surface area contributed by atoms with E-state index >= 15 is 0 Å². The first-order chi connectivity index (χ1) is 10.1. The molecule has 0 aromatic carbocycles. The largest absolute Gasteiger partial charge is 0.306 e. The fraction of sp³-hybridized carbons (Fsp3) is 0.500. The van der Waals surface area contributed by atoms with E-state index in [1.807, 2.05) is 18.5 Å². The van der Waals surface area contributed by atoms with E-state index in [4.69, 9.17) is 16.6 Å². The van der Waals surface area contributed by atoms with Crippen molar-refractivity contribution < 1.29 is 0 Å². The number of nitrogens with zero attached hydrogens (tertiary/aromatic N) is 5. The minimum Gasteiger partial charge on any atom is -0.306 e. The zero-order chi connectivity index (χ0) is 15.0. The number of hydrogen-bond acceptors (Lipinski definition) is 4. The SMILES string of the molecule is CCn1nc(C)c2nc(CCCl)n(Cc3nc(C)cs3)c21. The van der Waals surface area contributed by atoms with Crippen LogP contribution in [0.2, 0.25) is 0 Å². The van der Waals surface area contributed by atoms with E-state index in [0.29, 0.717) is 5.88 Å². The first-order valence-electron chi connectivity index (χ1n) is 7.03. The zero-order valence-corrected chi connectivity index (χ0v) is 14.0. The van der Waals surface area contributed by atoms with Gasteiger partial charge in [0.05, 0.1) is 12.2 Å². The van der Waals surface area contributed by atoms with Crippen molar-refractivity contribution in [2.75, 3.05) is 5.88 Å². The number of thiazole rings is 1. The van der Waals surface area contributed by atoms with Crippen LogP contribution in [0.3, 0.4) is 0 Å². The lowest BCUT2D eigenvalue weighted by Crippen LogP contribution is -2.10. The molecule has 0 amide bonds. The highest BCUT2D eigenvalue weighted by Gasteiger charge is 2.18. The number of aryl methyl sites for hydroxylation is 4. The summed E-state index contributed by atoms with van der Waals surface area (Å²) in [4.78, 5) is 9.31. The molecule has 3 aromatic rings. The number of fused-ring (bicyclic) bond motifs is 1. The highest BCUT2D eigenvalue weighted by Crippen LogP contribution is 2.22. The van der Waals surface area contributed by atoms with Gasteiger partial charge in [0.1, 0.15) is 16.3 Å². The van der Waals surface area contributed by atoms with Gasteiger partial charge in [0, 0.05) is 29.9 Å². The Hall–Kier alpha value is -1.40. The molecule has 0 bridgehead atoms. The number of imidazole rings is 1. The van der Waals surface area contributed by atoms with Gasteiger partial charge in [-0.2, -0.15) is 5.10 Å². The normalized spacial score (nSPS) is 11.6. The van der Waals surface area contributed by atoms with Gasteiger partial charge in [-0.1, -0.05) is 0 Å². The predicted molar refractivity (Wildman–Crippen MR) is 86.3 cm³/mol. The third kappa shape index (κ3) is 2.58. The molecule has 0 saturated carbocycles. The molecule has 3 aromatic heterocycles. The second kappa shape index (κ2) is 5.77. The van der Waals surface area contributed by atoms with Crippen LogP contribution in [0.1, 0.15) is 29.1 Å². The van der Waals surface area contributed by atoms with Gasteiger partial charge in [0.2, 0.25) is 0 Å². The summed E-state index contributed by atoms with van der Waals surface area (Å²) in [5, 5.41) is 7.72. The Balaban J connectivity index is 2.14. The van der Waals surface area contributed by atoms with Gasteiger partial charge < -0.3 is 4.57 Å². The van der Waals surface area contributed by atoms with E-state index in [1.165, 1.54) is 0 Å². The van der Waals surface area contributed by atoms with Crippen LogP contribution in [0, 0.1) is 13.8 Å². The Morgan fingerprint density at radius 3 is 2.71 bits per heavy atom. The number of halogens is 1. The number of rotatable bonds is 5. The lowest BCUT2D eigenvalue weighted by Gasteiger charge is -2.08.